The molecule has 0 aliphatic carbocycles. The third-order valence-electron chi connectivity index (χ3n) is 3.59. The highest BCUT2D eigenvalue weighted by Crippen LogP contribution is 2.40. The number of hydrogen-bond donors (Lipinski definition) is 3. The number of nitrogens with one attached hydrogen (secondary N) is 1. The topological polar surface area (TPSA) is 118 Å². The van der Waals surface area contributed by atoms with Gasteiger partial charge in [0.25, 0.3) is 0 Å². The number of aromatic nitrogens is 2. The summed E-state index contributed by atoms with van der Waals surface area (Å²) in [6.07, 6.45) is 0. The highest BCUT2D eigenvalue weighted by molar-refractivity contribution is 5.92. The van der Waals surface area contributed by atoms with Gasteiger partial charge >= 0.3 is 0 Å². The lowest BCUT2D eigenvalue weighted by molar-refractivity contribution is 0.324. The molecular formula is C19H23N5O3. The third kappa shape index (κ3) is 3.46. The fourth-order valence-corrected chi connectivity index (χ4v) is 2.42. The largest absolute Gasteiger partial charge is 0.493 e. The number of hydrogen-bond acceptors (Lipinski definition) is 8. The fourth-order valence-electron chi connectivity index (χ4n) is 2.42. The molecule has 0 atom stereocenters. The molecule has 0 fully saturated rings. The van der Waals surface area contributed by atoms with Crippen molar-refractivity contribution < 1.29 is 33.4 Å². The van der Waals surface area contributed by atoms with E-state index in [1.165, 1.54) is 6.07 Å². The Morgan fingerprint density at radius 1 is 1.07 bits per heavy atom. The molecule has 0 amide bonds. The number of methoxy groups -OCH3 is 3. The predicted molar refractivity (Wildman–Crippen MR) is 107 cm³/mol. The first-order valence-electron chi connectivity index (χ1n) is 14.3. The average molecular weight is 384 g/mol. The molecule has 0 saturated heterocycles. The minimum absolute atomic E-state index is 0.0218. The van der Waals surface area contributed by atoms with Crippen molar-refractivity contribution in [2.24, 2.45) is 0 Å². The van der Waals surface area contributed by atoms with Crippen molar-refractivity contribution >= 4 is 28.4 Å². The maximum atomic E-state index is 8.69. The van der Waals surface area contributed by atoms with Crippen LogP contribution in [-0.4, -0.2) is 31.1 Å². The fraction of sp³-hybridized carbons (Fsp3) is 0.263. The normalized spacial score (nSPS) is 20.7. The van der Waals surface area contributed by atoms with Gasteiger partial charge in [-0.15, -0.1) is 0 Å². The molecule has 0 saturated carbocycles. The number of nitrogens with zero attached hydrogens (tertiary/aromatic N) is 2. The van der Waals surface area contributed by atoms with Crippen LogP contribution in [0.4, 0.5) is 17.5 Å². The minimum Gasteiger partial charge on any atom is -0.493 e. The van der Waals surface area contributed by atoms with E-state index in [9.17, 15) is 0 Å². The number of rotatable bonds is 6. The lowest BCUT2D eigenvalue weighted by Gasteiger charge is -2.16. The second kappa shape index (κ2) is 7.45. The molecule has 5 N–H and O–H groups in total. The van der Waals surface area contributed by atoms with Crippen LogP contribution in [0.15, 0.2) is 24.3 Å². The van der Waals surface area contributed by atoms with Crippen LogP contribution in [0.1, 0.15) is 30.3 Å². The molecule has 2 aromatic carbocycles. The van der Waals surface area contributed by atoms with Gasteiger partial charge in [0.2, 0.25) is 11.7 Å². The molecule has 0 unspecified atom stereocenters. The molecule has 0 bridgehead atoms. The first kappa shape index (κ1) is 7.67. The van der Waals surface area contributed by atoms with Gasteiger partial charge in [-0.3, -0.25) is 0 Å². The molecule has 0 aliphatic rings. The summed E-state index contributed by atoms with van der Waals surface area (Å²) in [7, 11) is -9.61. The van der Waals surface area contributed by atoms with E-state index in [4.69, 9.17) is 44.9 Å². The van der Waals surface area contributed by atoms with Gasteiger partial charge in [-0.1, -0.05) is 6.07 Å². The Morgan fingerprint density at radius 3 is 2.48 bits per heavy atom. The molecule has 8 nitrogen and oxygen atoms in total. The monoisotopic (exact) mass is 383 g/mol. The third-order valence-corrected chi connectivity index (χ3v) is 3.59. The Hall–Kier alpha value is -3.42. The van der Waals surface area contributed by atoms with Crippen LogP contribution in [0.25, 0.3) is 10.9 Å². The van der Waals surface area contributed by atoms with E-state index in [1.807, 2.05) is 0 Å². The Morgan fingerprint density at radius 2 is 1.81 bits per heavy atom. The molecule has 0 spiro atoms. The Balaban J connectivity index is 2.26. The highest BCUT2D eigenvalue weighted by atomic mass is 16.5. The number of nitrogen functional groups attached to an aromatic ring is 2. The van der Waals surface area contributed by atoms with Crippen LogP contribution in [0, 0.1) is 6.85 Å². The van der Waals surface area contributed by atoms with Crippen LogP contribution in [0.3, 0.4) is 0 Å². The van der Waals surface area contributed by atoms with Gasteiger partial charge in [-0.2, -0.15) is 4.98 Å². The van der Waals surface area contributed by atoms with E-state index in [1.54, 1.807) is 0 Å². The van der Waals surface area contributed by atoms with Crippen LogP contribution in [0.5, 0.6) is 17.2 Å². The standard InChI is InChI=1S/C19H23N5O3/c1-10-11(5-6-13-16(10)18(20)24-19(21)23-13)9-22-12-7-14(25-2)17(27-4)15(8-12)26-3/h5-8,22H,9H2,1-4H3,(H4,20,21,23,24)/i1D3,2D3,3D3,4D3,9D2. The zero-order valence-electron chi connectivity index (χ0n) is 27.6. The smallest absolute Gasteiger partial charge is 0.222 e. The summed E-state index contributed by atoms with van der Waals surface area (Å²) in [4.78, 5) is 7.71. The van der Waals surface area contributed by atoms with Crippen LogP contribution >= 0.6 is 0 Å². The van der Waals surface area contributed by atoms with Gasteiger partial charge < -0.3 is 31.0 Å². The maximum absolute atomic E-state index is 8.69. The number of fused-ring (bicyclic) bond motifs is 1. The summed E-state index contributed by atoms with van der Waals surface area (Å²) in [5.41, 5.74) is 10.1. The zero-order chi connectivity index (χ0) is 31.3. The zero-order valence-corrected chi connectivity index (χ0v) is 13.6. The molecule has 3 aromatic rings. The number of nitrogens with two attached hydrogens (primary N) is 2. The Bertz CT molecular complexity index is 1410. The van der Waals surface area contributed by atoms with Crippen molar-refractivity contribution in [1.82, 2.24) is 9.97 Å². The number of ether oxygens (including phenoxy) is 3. The molecule has 1 heterocycles. The lowest BCUT2D eigenvalue weighted by Crippen LogP contribution is -2.06. The average Bonchev–Trinajstić information content (AvgIpc) is 2.71. The highest BCUT2D eigenvalue weighted by Gasteiger charge is 2.14. The van der Waals surface area contributed by atoms with E-state index in [-0.39, 0.29) is 22.7 Å². The summed E-state index contributed by atoms with van der Waals surface area (Å²) in [5.74, 6) is -3.18. The van der Waals surface area contributed by atoms with Crippen molar-refractivity contribution in [3.05, 3.63) is 35.4 Å². The van der Waals surface area contributed by atoms with Crippen molar-refractivity contribution in [2.75, 3.05) is 37.9 Å². The van der Waals surface area contributed by atoms with E-state index in [0.717, 1.165) is 18.2 Å². The minimum atomic E-state index is -3.21. The van der Waals surface area contributed by atoms with E-state index in [2.05, 4.69) is 15.3 Å². The summed E-state index contributed by atoms with van der Waals surface area (Å²) in [5, 5.41) is 2.15. The summed E-state index contributed by atoms with van der Waals surface area (Å²) < 4.78 is 123. The van der Waals surface area contributed by atoms with E-state index < -0.39 is 68.5 Å². The summed E-state index contributed by atoms with van der Waals surface area (Å²) >= 11 is 0. The van der Waals surface area contributed by atoms with Gasteiger partial charge in [0, 0.05) is 33.8 Å². The number of aryl methyl sites for hydroxylation is 1. The van der Waals surface area contributed by atoms with Gasteiger partial charge in [0.05, 0.1) is 41.7 Å². The SMILES string of the molecule is [2H]C([2H])([2H])Oc1cc(NC([2H])([2H])c2ccc3nc(N)nc(N)c3c2C([2H])([2H])[2H])cc(OC([2H])([2H])[2H])c1OC([2H])([2H])[2H]. The van der Waals surface area contributed by atoms with Crippen molar-refractivity contribution in [1.29, 1.82) is 0 Å². The van der Waals surface area contributed by atoms with E-state index in [0.29, 0.717) is 0 Å². The van der Waals surface area contributed by atoms with Crippen LogP contribution < -0.4 is 31.0 Å². The number of benzene rings is 2. The molecule has 142 valence electrons. The first-order chi connectivity index (χ1) is 18.4. The van der Waals surface area contributed by atoms with Crippen molar-refractivity contribution in [3.8, 4) is 17.2 Å². The predicted octanol–water partition coefficient (Wildman–Crippen LogP) is 2.74. The summed E-state index contributed by atoms with van der Waals surface area (Å²) in [6.45, 7) is -5.76. The molecule has 0 radical (unpaired) electrons. The Kier molecular flexibility index (Phi) is 2.12. The lowest BCUT2D eigenvalue weighted by atomic mass is 10.0. The molecule has 3 rings (SSSR count). The summed E-state index contributed by atoms with van der Waals surface area (Å²) in [6, 6.07) is 3.99. The molecule has 1 aromatic heterocycles. The second-order valence-corrected chi connectivity index (χ2v) is 5.21. The molecular weight excluding hydrogens is 346 g/mol. The molecule has 27 heavy (non-hydrogen) atoms. The van der Waals surface area contributed by atoms with Gasteiger partial charge in [0.15, 0.2) is 11.5 Å². The number of anilines is 3. The second-order valence-electron chi connectivity index (χ2n) is 5.21. The van der Waals surface area contributed by atoms with E-state index >= 15 is 0 Å². The van der Waals surface area contributed by atoms with Crippen LogP contribution in [-0.2, 0) is 6.50 Å². The molecule has 8 heteroatoms. The van der Waals surface area contributed by atoms with Gasteiger partial charge in [-0.25, -0.2) is 4.98 Å². The van der Waals surface area contributed by atoms with Gasteiger partial charge in [-0.05, 0) is 24.0 Å². The first-order valence-corrected chi connectivity index (χ1v) is 7.26. The van der Waals surface area contributed by atoms with Crippen molar-refractivity contribution in [2.45, 2.75) is 13.3 Å². The quantitative estimate of drug-likeness (QED) is 0.595. The van der Waals surface area contributed by atoms with Gasteiger partial charge in [0.1, 0.15) is 5.82 Å². The maximum Gasteiger partial charge on any atom is 0.222 e. The molecule has 0 aliphatic heterocycles. The Labute approximate surface area is 177 Å². The van der Waals surface area contributed by atoms with Crippen molar-refractivity contribution in [3.63, 3.8) is 0 Å². The van der Waals surface area contributed by atoms with Crippen LogP contribution in [0.2, 0.25) is 0 Å².